The molecule has 7 heteroatoms. The largest absolute Gasteiger partial charge is 0.377 e. The number of carbonyl (C=O) groups excluding carboxylic acids is 2. The first-order valence-electron chi connectivity index (χ1n) is 9.09. The van der Waals surface area contributed by atoms with Crippen molar-refractivity contribution in [2.45, 2.75) is 31.8 Å². The standard InChI is InChI=1S/C21H25FN2O4/c1-3-28-19(13-20(25)24-27)18(15-8-10-17(22)11-9-15)12-14-4-6-16(7-5-14)21(26)23-2/h4-11,18-19,27H,3,12-13H2,1-2H3,(H,23,26)(H,24,25)/t18-,19?/m1/s1. The van der Waals surface area contributed by atoms with E-state index in [2.05, 4.69) is 5.32 Å². The van der Waals surface area contributed by atoms with Crippen LogP contribution in [0.2, 0.25) is 0 Å². The monoisotopic (exact) mass is 388 g/mol. The van der Waals surface area contributed by atoms with Crippen molar-refractivity contribution in [3.05, 3.63) is 71.0 Å². The van der Waals surface area contributed by atoms with Gasteiger partial charge in [-0.15, -0.1) is 0 Å². The molecule has 2 rings (SSSR count). The lowest BCUT2D eigenvalue weighted by atomic mass is 9.85. The molecule has 0 aliphatic rings. The van der Waals surface area contributed by atoms with Gasteiger partial charge >= 0.3 is 0 Å². The molecule has 150 valence electrons. The number of benzene rings is 2. The molecule has 2 aromatic carbocycles. The first kappa shape index (κ1) is 21.5. The number of nitrogens with one attached hydrogen (secondary N) is 2. The van der Waals surface area contributed by atoms with Crippen molar-refractivity contribution in [2.75, 3.05) is 13.7 Å². The predicted molar refractivity (Wildman–Crippen MR) is 103 cm³/mol. The van der Waals surface area contributed by atoms with Crippen molar-refractivity contribution in [3.63, 3.8) is 0 Å². The van der Waals surface area contributed by atoms with E-state index >= 15 is 0 Å². The summed E-state index contributed by atoms with van der Waals surface area (Å²) in [5.74, 6) is -1.32. The topological polar surface area (TPSA) is 87.7 Å². The molecule has 2 atom stereocenters. The summed E-state index contributed by atoms with van der Waals surface area (Å²) in [5, 5.41) is 11.5. The molecule has 0 heterocycles. The maximum absolute atomic E-state index is 13.4. The quantitative estimate of drug-likeness (QED) is 0.455. The van der Waals surface area contributed by atoms with E-state index in [0.717, 1.165) is 11.1 Å². The Morgan fingerprint density at radius 3 is 2.29 bits per heavy atom. The summed E-state index contributed by atoms with van der Waals surface area (Å²) < 4.78 is 19.2. The second-order valence-corrected chi connectivity index (χ2v) is 6.37. The predicted octanol–water partition coefficient (Wildman–Crippen LogP) is 2.81. The van der Waals surface area contributed by atoms with Crippen LogP contribution in [0.15, 0.2) is 48.5 Å². The van der Waals surface area contributed by atoms with Gasteiger partial charge in [0.1, 0.15) is 5.82 Å². The number of halogens is 1. The zero-order valence-electron chi connectivity index (χ0n) is 15.9. The highest BCUT2D eigenvalue weighted by molar-refractivity contribution is 5.93. The van der Waals surface area contributed by atoms with Crippen LogP contribution in [0.3, 0.4) is 0 Å². The van der Waals surface area contributed by atoms with Crippen LogP contribution < -0.4 is 10.8 Å². The highest BCUT2D eigenvalue weighted by atomic mass is 19.1. The molecule has 3 N–H and O–H groups in total. The van der Waals surface area contributed by atoms with Crippen LogP contribution in [0, 0.1) is 5.82 Å². The fourth-order valence-electron chi connectivity index (χ4n) is 3.12. The first-order chi connectivity index (χ1) is 13.5. The smallest absolute Gasteiger partial charge is 0.251 e. The summed E-state index contributed by atoms with van der Waals surface area (Å²) in [4.78, 5) is 23.5. The van der Waals surface area contributed by atoms with Crippen molar-refractivity contribution in [2.24, 2.45) is 0 Å². The van der Waals surface area contributed by atoms with Crippen LogP contribution >= 0.6 is 0 Å². The van der Waals surface area contributed by atoms with Gasteiger partial charge in [-0.3, -0.25) is 14.8 Å². The zero-order chi connectivity index (χ0) is 20.5. The molecule has 0 radical (unpaired) electrons. The summed E-state index contributed by atoms with van der Waals surface area (Å²) in [7, 11) is 1.57. The van der Waals surface area contributed by atoms with Gasteiger partial charge in [-0.1, -0.05) is 24.3 Å². The number of rotatable bonds is 9. The molecule has 6 nitrogen and oxygen atoms in total. The van der Waals surface area contributed by atoms with E-state index in [9.17, 15) is 14.0 Å². The second-order valence-electron chi connectivity index (χ2n) is 6.37. The van der Waals surface area contributed by atoms with Crippen molar-refractivity contribution in [1.29, 1.82) is 0 Å². The third kappa shape index (κ3) is 5.87. The fourth-order valence-corrected chi connectivity index (χ4v) is 3.12. The minimum Gasteiger partial charge on any atom is -0.377 e. The van der Waals surface area contributed by atoms with Crippen LogP contribution in [0.1, 0.15) is 40.7 Å². The molecule has 0 aliphatic heterocycles. The molecular formula is C21H25FN2O4. The van der Waals surface area contributed by atoms with E-state index in [0.29, 0.717) is 18.6 Å². The Labute approximate surface area is 163 Å². The average Bonchev–Trinajstić information content (AvgIpc) is 2.72. The highest BCUT2D eigenvalue weighted by Crippen LogP contribution is 2.29. The lowest BCUT2D eigenvalue weighted by Gasteiger charge is -2.27. The highest BCUT2D eigenvalue weighted by Gasteiger charge is 2.27. The van der Waals surface area contributed by atoms with Crippen molar-refractivity contribution in [1.82, 2.24) is 10.8 Å². The summed E-state index contributed by atoms with van der Waals surface area (Å²) in [6.07, 6.45) is -0.0348. The molecular weight excluding hydrogens is 363 g/mol. The first-order valence-corrected chi connectivity index (χ1v) is 9.09. The number of hydrogen-bond acceptors (Lipinski definition) is 4. The molecule has 0 spiro atoms. The molecule has 2 aromatic rings. The maximum atomic E-state index is 13.4. The molecule has 0 fully saturated rings. The number of hydroxylamine groups is 1. The summed E-state index contributed by atoms with van der Waals surface area (Å²) in [6, 6.07) is 13.2. The number of hydrogen-bond donors (Lipinski definition) is 3. The van der Waals surface area contributed by atoms with Gasteiger partial charge in [0.05, 0.1) is 12.5 Å². The molecule has 0 aliphatic carbocycles. The molecule has 0 saturated heterocycles. The van der Waals surface area contributed by atoms with Crippen LogP contribution in [-0.2, 0) is 16.0 Å². The Morgan fingerprint density at radius 2 is 1.75 bits per heavy atom. The van der Waals surface area contributed by atoms with E-state index in [1.54, 1.807) is 36.8 Å². The zero-order valence-corrected chi connectivity index (χ0v) is 15.9. The number of amides is 2. The number of ether oxygens (including phenoxy) is 1. The fraction of sp³-hybridized carbons (Fsp3) is 0.333. The Balaban J connectivity index is 2.32. The Hall–Kier alpha value is -2.77. The summed E-state index contributed by atoms with van der Waals surface area (Å²) >= 11 is 0. The van der Waals surface area contributed by atoms with Gasteiger partial charge in [-0.05, 0) is 48.7 Å². The average molecular weight is 388 g/mol. The van der Waals surface area contributed by atoms with Crippen LogP contribution in [-0.4, -0.2) is 36.8 Å². The van der Waals surface area contributed by atoms with Gasteiger partial charge < -0.3 is 10.1 Å². The number of carbonyl (C=O) groups is 2. The van der Waals surface area contributed by atoms with Crippen LogP contribution in [0.5, 0.6) is 0 Å². The Kier molecular flexibility index (Phi) is 8.10. The third-order valence-corrected chi connectivity index (χ3v) is 4.54. The molecule has 0 aromatic heterocycles. The minimum atomic E-state index is -0.555. The van der Waals surface area contributed by atoms with E-state index in [1.807, 2.05) is 19.1 Å². The molecule has 0 saturated carbocycles. The second kappa shape index (κ2) is 10.5. The van der Waals surface area contributed by atoms with Crippen LogP contribution in [0.25, 0.3) is 0 Å². The minimum absolute atomic E-state index is 0.0390. The lowest BCUT2D eigenvalue weighted by Crippen LogP contribution is -2.31. The van der Waals surface area contributed by atoms with Gasteiger partial charge in [0, 0.05) is 25.1 Å². The van der Waals surface area contributed by atoms with Crippen molar-refractivity contribution >= 4 is 11.8 Å². The SMILES string of the molecule is CCOC(CC(=O)NO)[C@H](Cc1ccc(C(=O)NC)cc1)c1ccc(F)cc1. The maximum Gasteiger partial charge on any atom is 0.251 e. The molecule has 1 unspecified atom stereocenters. The van der Waals surface area contributed by atoms with Gasteiger partial charge in [0.25, 0.3) is 5.91 Å². The molecule has 28 heavy (non-hydrogen) atoms. The van der Waals surface area contributed by atoms with Gasteiger partial charge in [-0.25, -0.2) is 9.87 Å². The Morgan fingerprint density at radius 1 is 1.11 bits per heavy atom. The van der Waals surface area contributed by atoms with Crippen molar-refractivity contribution in [3.8, 4) is 0 Å². The summed E-state index contributed by atoms with van der Waals surface area (Å²) in [5.41, 5.74) is 3.94. The van der Waals surface area contributed by atoms with Crippen molar-refractivity contribution < 1.29 is 23.9 Å². The van der Waals surface area contributed by atoms with E-state index in [-0.39, 0.29) is 24.1 Å². The lowest BCUT2D eigenvalue weighted by molar-refractivity contribution is -0.132. The normalized spacial score (nSPS) is 12.9. The van der Waals surface area contributed by atoms with E-state index < -0.39 is 12.0 Å². The Bertz CT molecular complexity index is 778. The van der Waals surface area contributed by atoms with Gasteiger partial charge in [-0.2, -0.15) is 0 Å². The van der Waals surface area contributed by atoms with Crippen LogP contribution in [0.4, 0.5) is 4.39 Å². The van der Waals surface area contributed by atoms with Gasteiger partial charge in [0.2, 0.25) is 5.91 Å². The molecule has 0 bridgehead atoms. The molecule has 2 amide bonds. The van der Waals surface area contributed by atoms with Gasteiger partial charge in [0.15, 0.2) is 0 Å². The van der Waals surface area contributed by atoms with E-state index in [4.69, 9.17) is 9.94 Å². The van der Waals surface area contributed by atoms with E-state index in [1.165, 1.54) is 12.1 Å². The third-order valence-electron chi connectivity index (χ3n) is 4.54. The summed E-state index contributed by atoms with van der Waals surface area (Å²) in [6.45, 7) is 2.21.